The number of nitrogens with zero attached hydrogens (tertiary/aromatic N) is 1. The predicted molar refractivity (Wildman–Crippen MR) is 85.2 cm³/mol. The fourth-order valence-electron chi connectivity index (χ4n) is 2.04. The Bertz CT molecular complexity index is 875. The number of hydrogen-bond acceptors (Lipinski definition) is 5. The van der Waals surface area contributed by atoms with Crippen LogP contribution in [-0.2, 0) is 4.74 Å². The van der Waals surface area contributed by atoms with Crippen molar-refractivity contribution in [3.8, 4) is 11.5 Å². The molecule has 0 radical (unpaired) electrons. The molecule has 0 heterocycles. The first-order valence-corrected chi connectivity index (χ1v) is 7.52. The van der Waals surface area contributed by atoms with Gasteiger partial charge >= 0.3 is 5.97 Å². The SMILES string of the molecule is CCOC(=O)c1cc(Oc2c(F)c(F)c(C)c(F)c2Cl)ccc1[N+](=O)[O-]. The Morgan fingerprint density at radius 1 is 1.23 bits per heavy atom. The quantitative estimate of drug-likeness (QED) is 0.313. The number of halogens is 4. The lowest BCUT2D eigenvalue weighted by molar-refractivity contribution is -0.385. The molecular formula is C16H11ClF3NO5. The highest BCUT2D eigenvalue weighted by molar-refractivity contribution is 6.32. The summed E-state index contributed by atoms with van der Waals surface area (Å²) in [6.45, 7) is 2.45. The maximum absolute atomic E-state index is 14.0. The third-order valence-corrected chi connectivity index (χ3v) is 3.66. The summed E-state index contributed by atoms with van der Waals surface area (Å²) >= 11 is 5.65. The Morgan fingerprint density at radius 2 is 1.88 bits per heavy atom. The number of carbonyl (C=O) groups is 1. The van der Waals surface area contributed by atoms with E-state index in [-0.39, 0.29) is 12.4 Å². The number of ether oxygens (including phenoxy) is 2. The van der Waals surface area contributed by atoms with E-state index in [1.807, 2.05) is 0 Å². The van der Waals surface area contributed by atoms with Gasteiger partial charge in [0, 0.05) is 17.7 Å². The van der Waals surface area contributed by atoms with Gasteiger partial charge in [-0.3, -0.25) is 10.1 Å². The van der Waals surface area contributed by atoms with Crippen LogP contribution in [0.3, 0.4) is 0 Å². The van der Waals surface area contributed by atoms with Gasteiger partial charge in [-0.15, -0.1) is 0 Å². The lowest BCUT2D eigenvalue weighted by Crippen LogP contribution is -2.08. The first-order chi connectivity index (χ1) is 12.2. The number of nitro groups is 1. The van der Waals surface area contributed by atoms with Crippen molar-refractivity contribution in [3.63, 3.8) is 0 Å². The molecule has 0 bridgehead atoms. The molecular weight excluding hydrogens is 379 g/mol. The van der Waals surface area contributed by atoms with E-state index in [4.69, 9.17) is 21.1 Å². The average molecular weight is 390 g/mol. The van der Waals surface area contributed by atoms with Crippen LogP contribution < -0.4 is 4.74 Å². The molecule has 0 atom stereocenters. The van der Waals surface area contributed by atoms with Crippen LogP contribution in [0.15, 0.2) is 18.2 Å². The van der Waals surface area contributed by atoms with Crippen LogP contribution in [0.4, 0.5) is 18.9 Å². The Hall–Kier alpha value is -2.81. The number of rotatable bonds is 5. The van der Waals surface area contributed by atoms with Crippen molar-refractivity contribution in [2.24, 2.45) is 0 Å². The summed E-state index contributed by atoms with van der Waals surface area (Å²) in [7, 11) is 0. The standard InChI is InChI=1S/C16H11ClF3NO5/c1-3-25-16(22)9-6-8(4-5-10(9)21(23)24)26-15-11(17)12(18)7(2)13(19)14(15)20/h4-6H,3H2,1-2H3. The normalized spacial score (nSPS) is 10.5. The summed E-state index contributed by atoms with van der Waals surface area (Å²) in [5, 5.41) is 10.2. The molecule has 0 fully saturated rings. The first-order valence-electron chi connectivity index (χ1n) is 7.14. The minimum absolute atomic E-state index is 0.0457. The number of carbonyl (C=O) groups excluding carboxylic acids is 1. The summed E-state index contributed by atoms with van der Waals surface area (Å²) in [4.78, 5) is 22.0. The highest BCUT2D eigenvalue weighted by Crippen LogP contribution is 2.38. The summed E-state index contributed by atoms with van der Waals surface area (Å²) < 4.78 is 51.3. The lowest BCUT2D eigenvalue weighted by atomic mass is 10.1. The van der Waals surface area contributed by atoms with E-state index in [9.17, 15) is 28.1 Å². The van der Waals surface area contributed by atoms with Crippen LogP contribution in [0.1, 0.15) is 22.8 Å². The van der Waals surface area contributed by atoms with Crippen LogP contribution in [0.2, 0.25) is 5.02 Å². The van der Waals surface area contributed by atoms with E-state index in [0.29, 0.717) is 0 Å². The molecule has 0 amide bonds. The molecule has 0 aliphatic carbocycles. The number of esters is 1. The minimum Gasteiger partial charge on any atom is -0.462 e. The van der Waals surface area contributed by atoms with Crippen molar-refractivity contribution in [3.05, 3.63) is 61.9 Å². The van der Waals surface area contributed by atoms with E-state index < -0.39 is 55.9 Å². The lowest BCUT2D eigenvalue weighted by Gasteiger charge is -2.12. The Balaban J connectivity index is 2.54. The van der Waals surface area contributed by atoms with E-state index >= 15 is 0 Å². The number of benzene rings is 2. The summed E-state index contributed by atoms with van der Waals surface area (Å²) in [5.41, 5.74) is -1.68. The number of nitro benzene ring substituents is 1. The maximum atomic E-state index is 14.0. The van der Waals surface area contributed by atoms with Crippen LogP contribution in [0.25, 0.3) is 0 Å². The zero-order valence-electron chi connectivity index (χ0n) is 13.4. The van der Waals surface area contributed by atoms with Crippen LogP contribution in [-0.4, -0.2) is 17.5 Å². The predicted octanol–water partition coefficient (Wildman–Crippen LogP) is 4.94. The molecule has 0 saturated heterocycles. The van der Waals surface area contributed by atoms with E-state index in [1.54, 1.807) is 0 Å². The van der Waals surface area contributed by atoms with Crippen LogP contribution in [0.5, 0.6) is 11.5 Å². The third-order valence-electron chi connectivity index (χ3n) is 3.32. The summed E-state index contributed by atoms with van der Waals surface area (Å²) in [6.07, 6.45) is 0. The van der Waals surface area contributed by atoms with Crippen LogP contribution >= 0.6 is 11.6 Å². The van der Waals surface area contributed by atoms with Crippen molar-refractivity contribution in [1.29, 1.82) is 0 Å². The molecule has 26 heavy (non-hydrogen) atoms. The molecule has 0 N–H and O–H groups in total. The van der Waals surface area contributed by atoms with Gasteiger partial charge in [-0.1, -0.05) is 11.6 Å². The smallest absolute Gasteiger partial charge is 0.345 e. The molecule has 0 unspecified atom stereocenters. The highest BCUT2D eigenvalue weighted by atomic mass is 35.5. The van der Waals surface area contributed by atoms with Gasteiger partial charge in [-0.05, 0) is 19.9 Å². The van der Waals surface area contributed by atoms with E-state index in [1.165, 1.54) is 6.92 Å². The number of hydrogen-bond donors (Lipinski definition) is 0. The van der Waals surface area contributed by atoms with Gasteiger partial charge in [0.05, 0.1) is 11.5 Å². The van der Waals surface area contributed by atoms with E-state index in [0.717, 1.165) is 25.1 Å². The fraction of sp³-hybridized carbons (Fsp3) is 0.188. The maximum Gasteiger partial charge on any atom is 0.345 e. The van der Waals surface area contributed by atoms with Gasteiger partial charge in [0.25, 0.3) is 5.69 Å². The van der Waals surface area contributed by atoms with Crippen molar-refractivity contribution in [2.45, 2.75) is 13.8 Å². The summed E-state index contributed by atoms with van der Waals surface area (Å²) in [5.74, 6) is -6.51. The third kappa shape index (κ3) is 3.57. The molecule has 138 valence electrons. The molecule has 0 aromatic heterocycles. The largest absolute Gasteiger partial charge is 0.462 e. The fourth-order valence-corrected chi connectivity index (χ4v) is 2.30. The van der Waals surface area contributed by atoms with E-state index in [2.05, 4.69) is 0 Å². The minimum atomic E-state index is -1.54. The Kier molecular flexibility index (Phi) is 5.71. The molecule has 0 saturated carbocycles. The molecule has 0 aliphatic heterocycles. The first kappa shape index (κ1) is 19.5. The summed E-state index contributed by atoms with van der Waals surface area (Å²) in [6, 6.07) is 2.82. The van der Waals surface area contributed by atoms with Gasteiger partial charge in [0.1, 0.15) is 16.3 Å². The van der Waals surface area contributed by atoms with Crippen molar-refractivity contribution in [2.75, 3.05) is 6.61 Å². The zero-order valence-corrected chi connectivity index (χ0v) is 14.2. The second kappa shape index (κ2) is 7.61. The second-order valence-electron chi connectivity index (χ2n) is 4.97. The van der Waals surface area contributed by atoms with Crippen molar-refractivity contribution in [1.82, 2.24) is 0 Å². The second-order valence-corrected chi connectivity index (χ2v) is 5.35. The van der Waals surface area contributed by atoms with Gasteiger partial charge in [0.2, 0.25) is 5.82 Å². The van der Waals surface area contributed by atoms with Gasteiger partial charge in [-0.2, -0.15) is 4.39 Å². The van der Waals surface area contributed by atoms with Gasteiger partial charge < -0.3 is 9.47 Å². The molecule has 0 spiro atoms. The molecule has 10 heteroatoms. The molecule has 2 rings (SSSR count). The molecule has 6 nitrogen and oxygen atoms in total. The van der Waals surface area contributed by atoms with Crippen LogP contribution in [0, 0.1) is 34.5 Å². The molecule has 0 aliphatic rings. The highest BCUT2D eigenvalue weighted by Gasteiger charge is 2.26. The zero-order chi connectivity index (χ0) is 19.6. The Morgan fingerprint density at radius 3 is 2.46 bits per heavy atom. The average Bonchev–Trinajstić information content (AvgIpc) is 2.61. The molecule has 2 aromatic carbocycles. The van der Waals surface area contributed by atoms with Gasteiger partial charge in [0.15, 0.2) is 17.4 Å². The molecule has 2 aromatic rings. The van der Waals surface area contributed by atoms with Crippen molar-refractivity contribution >= 4 is 23.3 Å². The Labute approximate surface area is 150 Å². The van der Waals surface area contributed by atoms with Gasteiger partial charge in [-0.25, -0.2) is 13.6 Å². The van der Waals surface area contributed by atoms with Crippen molar-refractivity contribution < 1.29 is 32.4 Å². The monoisotopic (exact) mass is 389 g/mol. The topological polar surface area (TPSA) is 78.7 Å².